The number of alkyl halides is 1. The molecule has 142 heavy (non-hydrogen) atoms. The van der Waals surface area contributed by atoms with Gasteiger partial charge in [-0.2, -0.15) is 0 Å². The van der Waals surface area contributed by atoms with Crippen molar-refractivity contribution in [1.29, 1.82) is 0 Å². The Bertz CT molecular complexity index is 5450. The van der Waals surface area contributed by atoms with Crippen LogP contribution in [0.25, 0.3) is 0 Å². The highest BCUT2D eigenvalue weighted by Crippen LogP contribution is 2.30. The summed E-state index contributed by atoms with van der Waals surface area (Å²) in [7, 11) is 0. The van der Waals surface area contributed by atoms with E-state index in [1.54, 1.807) is 106 Å². The van der Waals surface area contributed by atoms with Crippen molar-refractivity contribution in [2.45, 2.75) is 144 Å². The molecule has 2 aliphatic heterocycles. The number of aromatic carboxylic acids is 2. The highest BCUT2D eigenvalue weighted by atomic mass is 79.9. The van der Waals surface area contributed by atoms with Crippen molar-refractivity contribution in [2.24, 2.45) is 0 Å². The monoisotopic (exact) mass is 2030 g/mol. The number of hydrogen-bond donors (Lipinski definition) is 7. The molecule has 0 amide bonds. The Morgan fingerprint density at radius 3 is 1.02 bits per heavy atom. The molecule has 9 aromatic carbocycles. The predicted octanol–water partition coefficient (Wildman–Crippen LogP) is 19.6. The molecule has 2 heterocycles. The van der Waals surface area contributed by atoms with Crippen LogP contribution in [-0.4, -0.2) is 185 Å². The van der Waals surface area contributed by atoms with Crippen molar-refractivity contribution in [1.82, 2.24) is 0 Å². The Kier molecular flexibility index (Phi) is 57.7. The van der Waals surface area contributed by atoms with E-state index in [1.165, 1.54) is 134 Å². The molecule has 2 aliphatic rings. The first kappa shape index (κ1) is 119. The number of carboxylic acids is 2. The van der Waals surface area contributed by atoms with E-state index in [0.29, 0.717) is 119 Å². The van der Waals surface area contributed by atoms with E-state index >= 15 is 0 Å². The van der Waals surface area contributed by atoms with Crippen LogP contribution in [0, 0.1) is 20.8 Å². The van der Waals surface area contributed by atoms with E-state index < -0.39 is 53.7 Å². The van der Waals surface area contributed by atoms with Gasteiger partial charge in [0.15, 0.2) is 6.29 Å². The van der Waals surface area contributed by atoms with Gasteiger partial charge in [0.05, 0.1) is 66.1 Å². The zero-order valence-electron chi connectivity index (χ0n) is 78.5. The maximum atomic E-state index is 12.8. The fourth-order valence-electron chi connectivity index (χ4n) is 11.5. The van der Waals surface area contributed by atoms with Crippen LogP contribution >= 0.6 is 15.9 Å². The summed E-state index contributed by atoms with van der Waals surface area (Å²) < 4.78 is 78.1. The number of allylic oxidation sites excluding steroid dienone is 1. The second-order valence-corrected chi connectivity index (χ2v) is 30.9. The quantitative estimate of drug-likeness (QED) is 0.00355. The third-order valence-electron chi connectivity index (χ3n) is 19.0. The molecule has 0 bridgehead atoms. The lowest BCUT2D eigenvalue weighted by atomic mass is 10.2. The molecule has 0 radical (unpaired) electrons. The van der Waals surface area contributed by atoms with E-state index in [2.05, 4.69) is 40.4 Å². The summed E-state index contributed by atoms with van der Waals surface area (Å²) in [5.41, 5.74) is 3.57. The first-order valence-electron chi connectivity index (χ1n) is 44.8. The third-order valence-corrected chi connectivity index (χ3v) is 19.6. The molecule has 0 spiro atoms. The van der Waals surface area contributed by atoms with Crippen molar-refractivity contribution in [2.75, 3.05) is 71.4 Å². The van der Waals surface area contributed by atoms with Crippen molar-refractivity contribution in [3.8, 4) is 69.0 Å². The number of phenols is 5. The van der Waals surface area contributed by atoms with Crippen LogP contribution in [0.15, 0.2) is 250 Å². The molecule has 760 valence electrons. The van der Waals surface area contributed by atoms with E-state index in [-0.39, 0.29) is 130 Å². The minimum atomic E-state index is -0.986. The zero-order chi connectivity index (χ0) is 103. The van der Waals surface area contributed by atoms with Gasteiger partial charge >= 0.3 is 71.6 Å². The second-order valence-electron chi connectivity index (χ2n) is 30.1. The Morgan fingerprint density at radius 2 is 0.704 bits per heavy atom. The Balaban J connectivity index is 0.000000402. The highest BCUT2D eigenvalue weighted by molar-refractivity contribution is 9.09. The van der Waals surface area contributed by atoms with E-state index in [1.807, 2.05) is 6.08 Å². The maximum absolute atomic E-state index is 12.8. The minimum absolute atomic E-state index is 0. The molecule has 1 unspecified atom stereocenters. The summed E-state index contributed by atoms with van der Waals surface area (Å²) in [6.45, 7) is 17.7. The number of halogens is 1. The number of ether oxygens (including phenoxy) is 15. The molecule has 1 saturated heterocycles. The fourth-order valence-corrected chi connectivity index (χ4v) is 11.9. The molecular formula is C107H121BrO34. The van der Waals surface area contributed by atoms with Crippen molar-refractivity contribution in [3.63, 3.8) is 0 Å². The number of carbonyl (C=O) groups excluding carboxylic acids is 10. The lowest BCUT2D eigenvalue weighted by molar-refractivity contribution is -0.149. The number of carbonyl (C=O) groups is 12. The first-order valence-corrected chi connectivity index (χ1v) is 45.9. The minimum Gasteiger partial charge on any atom is -0.508 e. The summed E-state index contributed by atoms with van der Waals surface area (Å²) in [6, 6.07) is 50.0. The van der Waals surface area contributed by atoms with E-state index in [0.717, 1.165) is 88.1 Å². The number of hydrogen-bond acceptors (Lipinski definition) is 32. The zero-order valence-corrected chi connectivity index (χ0v) is 80.1. The molecule has 0 saturated carbocycles. The average Bonchev–Trinajstić information content (AvgIpc) is 0.843. The summed E-state index contributed by atoms with van der Waals surface area (Å²) in [5.74, 6) is -3.17. The SMILES string of the molecule is C.C1=COCCC1.C=CC(=O)OCCOC(=O)CCCCCBr.C=CC(=O)OCCOC(=O)CCCCCOc1ccc(C(=O)Oc2ccc(OC(=O)c3ccc(OCCCCCC(=O)OCCOC(=O)C=C)cc3)c(C)c2)cc1.Cc1cc(O)ccc1O.Cc1cc(OC(=O)c2ccc(O)cc2)ccc1OC(=O)c1ccc(O)cc1.O=C(O)c1ccc(O)cc1.O=C(O)c1ccc(OC2CCCCO2)cc1. The van der Waals surface area contributed by atoms with E-state index in [9.17, 15) is 67.7 Å². The highest BCUT2D eigenvalue weighted by Gasteiger charge is 2.20. The fraction of sp³-hybridized carbons (Fsp3) is 0.308. The molecule has 7 N–H and O–H groups in total. The molecule has 0 aliphatic carbocycles. The molecule has 1 fully saturated rings. The van der Waals surface area contributed by atoms with Crippen LogP contribution < -0.4 is 33.2 Å². The number of esters is 10. The van der Waals surface area contributed by atoms with Gasteiger partial charge in [-0.25, -0.2) is 43.2 Å². The molecule has 11 rings (SSSR count). The van der Waals surface area contributed by atoms with Crippen LogP contribution in [0.4, 0.5) is 0 Å². The lowest BCUT2D eigenvalue weighted by Crippen LogP contribution is -2.24. The lowest BCUT2D eigenvalue weighted by Gasteiger charge is -2.23. The van der Waals surface area contributed by atoms with Gasteiger partial charge in [-0.05, 0) is 321 Å². The standard InChI is InChI=1S/C43H48O14.C21H16O6.C12H14O4.C11H17BrO4.C7H6O3.C7H8O2.C5H8O.CH4/c1-4-38(44)52-26-28-54-40(46)12-8-6-10-24-50-34-18-14-32(15-19-34)42(48)56-36-22-23-37(31(3)30-36)57-43(49)33-16-20-35(21-17-33)51-25-11-7-9-13-41(47)55-29-27-53-39(45)5-2;1-13-12-18(26-20(24)14-2-6-16(22)7-3-14)10-11-19(13)27-21(25)15-4-8-17(23)9-5-15;13-12(14)9-4-6-10(7-5-9)16-11-3-1-2-8-15-11;1-2-10(13)15-8-9-16-11(14)6-4-3-5-7-12;8-6-3-1-5(2-4-6)7(9)10;1-5-4-6(8)2-3-7(5)9;1-2-4-6-5-3-1;/h4-5,14-23,30H,1-2,6-13,24-29H2,3H3;2-12,22-23H,1H3;4-7,11H,1-3,8H2,(H,13,14);2H,1,3-9H2;1-4,8H,(H,9,10);2-4,8-9H,1H3;2,4H,1,3,5H2;1H4. The van der Waals surface area contributed by atoms with Gasteiger partial charge in [0.25, 0.3) is 0 Å². The van der Waals surface area contributed by atoms with Crippen molar-refractivity contribution >= 4 is 87.6 Å². The summed E-state index contributed by atoms with van der Waals surface area (Å²) in [5, 5.41) is 63.1. The van der Waals surface area contributed by atoms with Gasteiger partial charge in [-0.15, -0.1) is 0 Å². The van der Waals surface area contributed by atoms with Gasteiger partial charge in [-0.1, -0.05) is 49.5 Å². The summed E-state index contributed by atoms with van der Waals surface area (Å²) in [6.07, 6.45) is 20.2. The first-order chi connectivity index (χ1) is 67.8. The van der Waals surface area contributed by atoms with Crippen LogP contribution in [0.3, 0.4) is 0 Å². The van der Waals surface area contributed by atoms with Crippen LogP contribution in [0.5, 0.6) is 69.0 Å². The van der Waals surface area contributed by atoms with Crippen LogP contribution in [-0.2, 0) is 66.7 Å². The number of aromatic hydroxyl groups is 5. The molecular weight excluding hydrogens is 1910 g/mol. The average molecular weight is 2030 g/mol. The molecule has 1 atom stereocenters. The van der Waals surface area contributed by atoms with Gasteiger partial charge in [0.2, 0.25) is 0 Å². The maximum Gasteiger partial charge on any atom is 0.343 e. The number of benzene rings is 9. The number of rotatable bonds is 43. The Hall–Kier alpha value is -15.8. The molecule has 35 heteroatoms. The van der Waals surface area contributed by atoms with Crippen LogP contribution in [0.1, 0.15) is 195 Å². The Morgan fingerprint density at radius 1 is 0.359 bits per heavy atom. The summed E-state index contributed by atoms with van der Waals surface area (Å²) >= 11 is 3.32. The molecule has 9 aromatic rings. The van der Waals surface area contributed by atoms with Gasteiger partial charge in [-0.3, -0.25) is 14.4 Å². The van der Waals surface area contributed by atoms with Crippen LogP contribution in [0.2, 0.25) is 0 Å². The topological polar surface area (TPSA) is 485 Å². The molecule has 0 aromatic heterocycles. The van der Waals surface area contributed by atoms with Crippen molar-refractivity contribution in [3.05, 3.63) is 301 Å². The van der Waals surface area contributed by atoms with Crippen molar-refractivity contribution < 1.29 is 164 Å². The third kappa shape index (κ3) is 51.0. The number of aryl methyl sites for hydroxylation is 3. The van der Waals surface area contributed by atoms with E-state index in [4.69, 9.17) is 91.8 Å². The normalized spacial score (nSPS) is 11.6. The largest absolute Gasteiger partial charge is 0.508 e. The van der Waals surface area contributed by atoms with Gasteiger partial charge in [0, 0.05) is 49.2 Å². The molecule has 34 nitrogen and oxygen atoms in total. The Labute approximate surface area is 832 Å². The summed E-state index contributed by atoms with van der Waals surface area (Å²) in [4.78, 5) is 138. The van der Waals surface area contributed by atoms with Gasteiger partial charge < -0.3 is 107 Å². The second kappa shape index (κ2) is 69.1. The van der Waals surface area contributed by atoms with Gasteiger partial charge in [0.1, 0.15) is 109 Å². The smallest absolute Gasteiger partial charge is 0.343 e. The number of unbranched alkanes of at least 4 members (excludes halogenated alkanes) is 6. The number of phenolic OH excluding ortho intramolecular Hbond substituents is 5. The number of carboxylic acid groups (broad SMARTS) is 2. The predicted molar refractivity (Wildman–Crippen MR) is 526 cm³/mol.